The number of nitro benzene ring substituents is 1. The minimum absolute atomic E-state index is 0.181. The molecular weight excluding hydrogens is 266 g/mol. The molecule has 0 aromatic heterocycles. The van der Waals surface area contributed by atoms with Gasteiger partial charge in [-0.1, -0.05) is 0 Å². The normalized spacial score (nSPS) is 12.2. The van der Waals surface area contributed by atoms with E-state index in [-0.39, 0.29) is 6.54 Å². The molecule has 0 bridgehead atoms. The molecule has 1 unspecified atom stereocenters. The molecule has 0 fully saturated rings. The molecule has 1 rings (SSSR count). The third-order valence-electron chi connectivity index (χ3n) is 2.18. The molecule has 0 heterocycles. The average molecular weight is 278 g/mol. The third kappa shape index (κ3) is 3.73. The molecular formula is C10H12F2N2O3S. The Morgan fingerprint density at radius 3 is 2.67 bits per heavy atom. The van der Waals surface area contributed by atoms with Gasteiger partial charge in [0.2, 0.25) is 0 Å². The van der Waals surface area contributed by atoms with E-state index in [4.69, 9.17) is 0 Å². The minimum Gasteiger partial charge on any atom is -0.377 e. The summed E-state index contributed by atoms with van der Waals surface area (Å²) in [5.41, 5.74) is -0.992. The van der Waals surface area contributed by atoms with E-state index in [0.29, 0.717) is 18.2 Å². The molecule has 0 radical (unpaired) electrons. The lowest BCUT2D eigenvalue weighted by Crippen LogP contribution is -2.10. The Morgan fingerprint density at radius 1 is 1.44 bits per heavy atom. The van der Waals surface area contributed by atoms with Gasteiger partial charge in [-0.05, 0) is 12.5 Å². The first-order valence-corrected chi connectivity index (χ1v) is 6.82. The summed E-state index contributed by atoms with van der Waals surface area (Å²) in [5, 5.41) is 13.1. The fourth-order valence-electron chi connectivity index (χ4n) is 1.35. The topological polar surface area (TPSA) is 72.2 Å². The van der Waals surface area contributed by atoms with Crippen LogP contribution in [0.3, 0.4) is 0 Å². The number of halogens is 2. The van der Waals surface area contributed by atoms with Crippen LogP contribution in [0, 0.1) is 21.7 Å². The fraction of sp³-hybridized carbons (Fsp3) is 0.400. The Kier molecular flexibility index (Phi) is 5.14. The maximum atomic E-state index is 13.4. The quantitative estimate of drug-likeness (QED) is 0.491. The van der Waals surface area contributed by atoms with Crippen molar-refractivity contribution in [1.29, 1.82) is 0 Å². The predicted molar refractivity (Wildman–Crippen MR) is 65.1 cm³/mol. The van der Waals surface area contributed by atoms with Gasteiger partial charge >= 0.3 is 0 Å². The molecule has 0 amide bonds. The van der Waals surface area contributed by atoms with Crippen LogP contribution in [0.15, 0.2) is 12.1 Å². The molecule has 1 aromatic rings. The molecule has 18 heavy (non-hydrogen) atoms. The second kappa shape index (κ2) is 6.39. The average Bonchev–Trinajstić information content (AvgIpc) is 2.29. The van der Waals surface area contributed by atoms with Crippen LogP contribution in [0.4, 0.5) is 20.2 Å². The van der Waals surface area contributed by atoms with Crippen molar-refractivity contribution in [3.05, 3.63) is 33.9 Å². The Bertz CT molecular complexity index is 482. The fourth-order valence-corrected chi connectivity index (χ4v) is 1.90. The van der Waals surface area contributed by atoms with Crippen molar-refractivity contribution in [2.24, 2.45) is 0 Å². The van der Waals surface area contributed by atoms with Gasteiger partial charge in [0.15, 0.2) is 17.3 Å². The smallest absolute Gasteiger partial charge is 0.295 e. The summed E-state index contributed by atoms with van der Waals surface area (Å²) >= 11 is 0. The predicted octanol–water partition coefficient (Wildman–Crippen LogP) is 2.05. The van der Waals surface area contributed by atoms with Gasteiger partial charge in [0.25, 0.3) is 5.69 Å². The lowest BCUT2D eigenvalue weighted by Gasteiger charge is -2.08. The Balaban J connectivity index is 2.82. The molecule has 1 N–H and O–H groups in total. The standard InChI is InChI=1S/C10H12F2N2O3S/c1-18(17)6-2-5-13-10-8(14(15)16)4-3-7(11)9(10)12/h3-4,13H,2,5-6H2,1H3. The minimum atomic E-state index is -1.28. The van der Waals surface area contributed by atoms with Gasteiger partial charge in [0.05, 0.1) is 4.92 Å². The highest BCUT2D eigenvalue weighted by atomic mass is 32.2. The van der Waals surface area contributed by atoms with Gasteiger partial charge in [0, 0.05) is 35.4 Å². The molecule has 1 aromatic carbocycles. The first-order valence-electron chi connectivity index (χ1n) is 5.09. The molecule has 0 saturated carbocycles. The Morgan fingerprint density at radius 2 is 2.11 bits per heavy atom. The summed E-state index contributed by atoms with van der Waals surface area (Å²) in [6.07, 6.45) is 1.96. The van der Waals surface area contributed by atoms with E-state index in [9.17, 15) is 23.1 Å². The van der Waals surface area contributed by atoms with Gasteiger partial charge in [0.1, 0.15) is 0 Å². The highest BCUT2D eigenvalue weighted by Gasteiger charge is 2.20. The zero-order valence-corrected chi connectivity index (χ0v) is 10.4. The van der Waals surface area contributed by atoms with Crippen LogP contribution in [0.25, 0.3) is 0 Å². The Labute approximate surface area is 105 Å². The molecule has 0 aliphatic heterocycles. The number of hydrogen-bond donors (Lipinski definition) is 1. The van der Waals surface area contributed by atoms with E-state index in [1.807, 2.05) is 0 Å². The van der Waals surface area contributed by atoms with Gasteiger partial charge in [-0.3, -0.25) is 14.3 Å². The number of nitro groups is 1. The number of hydrogen-bond acceptors (Lipinski definition) is 4. The summed E-state index contributed by atoms with van der Waals surface area (Å²) < 4.78 is 37.2. The highest BCUT2D eigenvalue weighted by Crippen LogP contribution is 2.28. The van der Waals surface area contributed by atoms with Crippen LogP contribution in [-0.2, 0) is 10.8 Å². The SMILES string of the molecule is CS(=O)CCCNc1c([N+](=O)[O-])ccc(F)c1F. The van der Waals surface area contributed by atoms with E-state index < -0.39 is 38.7 Å². The molecule has 0 saturated heterocycles. The van der Waals surface area contributed by atoms with Crippen LogP contribution in [0.1, 0.15) is 6.42 Å². The maximum absolute atomic E-state index is 13.4. The van der Waals surface area contributed by atoms with Crippen molar-refractivity contribution in [1.82, 2.24) is 0 Å². The molecule has 100 valence electrons. The van der Waals surface area contributed by atoms with Crippen molar-refractivity contribution in [2.45, 2.75) is 6.42 Å². The lowest BCUT2D eigenvalue weighted by molar-refractivity contribution is -0.384. The van der Waals surface area contributed by atoms with Gasteiger partial charge in [-0.15, -0.1) is 0 Å². The summed E-state index contributed by atoms with van der Waals surface area (Å²) in [7, 11) is -0.989. The first-order chi connectivity index (χ1) is 8.43. The third-order valence-corrected chi connectivity index (χ3v) is 3.04. The molecule has 8 heteroatoms. The van der Waals surface area contributed by atoms with Crippen molar-refractivity contribution >= 4 is 22.2 Å². The largest absolute Gasteiger partial charge is 0.377 e. The summed E-state index contributed by atoms with van der Waals surface area (Å²) in [6.45, 7) is 0.181. The maximum Gasteiger partial charge on any atom is 0.295 e. The van der Waals surface area contributed by atoms with Crippen LogP contribution in [0.5, 0.6) is 0 Å². The number of anilines is 1. The lowest BCUT2D eigenvalue weighted by atomic mass is 10.2. The number of rotatable bonds is 6. The molecule has 5 nitrogen and oxygen atoms in total. The van der Waals surface area contributed by atoms with Gasteiger partial charge < -0.3 is 5.32 Å². The van der Waals surface area contributed by atoms with E-state index in [1.165, 1.54) is 6.26 Å². The highest BCUT2D eigenvalue weighted by molar-refractivity contribution is 7.84. The number of nitrogens with one attached hydrogen (secondary N) is 1. The number of benzene rings is 1. The van der Waals surface area contributed by atoms with Crippen LogP contribution < -0.4 is 5.32 Å². The summed E-state index contributed by atoms with van der Waals surface area (Å²) in [5.74, 6) is -2.04. The summed E-state index contributed by atoms with van der Waals surface area (Å²) in [6, 6.07) is 1.61. The number of nitrogens with zero attached hydrogens (tertiary/aromatic N) is 1. The van der Waals surface area contributed by atoms with Gasteiger partial charge in [-0.25, -0.2) is 8.78 Å². The van der Waals surface area contributed by atoms with Crippen molar-refractivity contribution < 1.29 is 17.9 Å². The second-order valence-corrected chi connectivity index (χ2v) is 5.12. The van der Waals surface area contributed by atoms with E-state index in [1.54, 1.807) is 0 Å². The van der Waals surface area contributed by atoms with Crippen molar-refractivity contribution in [3.8, 4) is 0 Å². The van der Waals surface area contributed by atoms with Crippen LogP contribution >= 0.6 is 0 Å². The summed E-state index contributed by atoms with van der Waals surface area (Å²) in [4.78, 5) is 9.87. The van der Waals surface area contributed by atoms with E-state index in [2.05, 4.69) is 5.32 Å². The molecule has 0 aliphatic rings. The van der Waals surface area contributed by atoms with Gasteiger partial charge in [-0.2, -0.15) is 0 Å². The first kappa shape index (κ1) is 14.5. The Hall–Kier alpha value is -1.57. The van der Waals surface area contributed by atoms with Crippen LogP contribution in [0.2, 0.25) is 0 Å². The molecule has 0 spiro atoms. The second-order valence-electron chi connectivity index (χ2n) is 3.57. The van der Waals surface area contributed by atoms with E-state index in [0.717, 1.165) is 6.07 Å². The van der Waals surface area contributed by atoms with E-state index >= 15 is 0 Å². The zero-order chi connectivity index (χ0) is 13.7. The zero-order valence-electron chi connectivity index (χ0n) is 9.61. The monoisotopic (exact) mass is 278 g/mol. The molecule has 0 aliphatic carbocycles. The van der Waals surface area contributed by atoms with Crippen molar-refractivity contribution in [2.75, 3.05) is 23.9 Å². The van der Waals surface area contributed by atoms with Crippen molar-refractivity contribution in [3.63, 3.8) is 0 Å². The molecule has 1 atom stereocenters. The van der Waals surface area contributed by atoms with Crippen LogP contribution in [-0.4, -0.2) is 27.7 Å².